The molecule has 0 aliphatic rings. The van der Waals surface area contributed by atoms with Crippen LogP contribution in [0.1, 0.15) is 19.1 Å². The van der Waals surface area contributed by atoms with Crippen LogP contribution in [-0.2, 0) is 11.3 Å². The van der Waals surface area contributed by atoms with Crippen molar-refractivity contribution in [2.24, 2.45) is 0 Å². The highest BCUT2D eigenvalue weighted by Gasteiger charge is 2.11. The van der Waals surface area contributed by atoms with Crippen LogP contribution >= 0.6 is 0 Å². The van der Waals surface area contributed by atoms with Crippen LogP contribution < -0.4 is 5.32 Å². The van der Waals surface area contributed by atoms with Crippen molar-refractivity contribution in [3.05, 3.63) is 28.0 Å². The predicted octanol–water partition coefficient (Wildman–Crippen LogP) is 1.70. The zero-order chi connectivity index (χ0) is 11.8. The number of ether oxygens (including phenoxy) is 1. The van der Waals surface area contributed by atoms with E-state index >= 15 is 0 Å². The normalized spacial score (nSPS) is 10.6. The van der Waals surface area contributed by atoms with Gasteiger partial charge < -0.3 is 14.5 Å². The quantitative estimate of drug-likeness (QED) is 0.416. The van der Waals surface area contributed by atoms with Gasteiger partial charge in [-0.25, -0.2) is 0 Å². The van der Waals surface area contributed by atoms with Crippen LogP contribution in [0.3, 0.4) is 0 Å². The summed E-state index contributed by atoms with van der Waals surface area (Å²) in [6.07, 6.45) is 1.09. The largest absolute Gasteiger partial charge is 0.433 e. The first-order valence-electron chi connectivity index (χ1n) is 5.25. The van der Waals surface area contributed by atoms with Gasteiger partial charge in [0.2, 0.25) is 0 Å². The number of furan rings is 1. The summed E-state index contributed by atoms with van der Waals surface area (Å²) in [6, 6.07) is 2.88. The van der Waals surface area contributed by atoms with Gasteiger partial charge in [-0.2, -0.15) is 0 Å². The van der Waals surface area contributed by atoms with E-state index in [1.165, 1.54) is 6.07 Å². The molecule has 16 heavy (non-hydrogen) atoms. The van der Waals surface area contributed by atoms with Gasteiger partial charge in [0.05, 0.1) is 12.7 Å². The van der Waals surface area contributed by atoms with Crippen molar-refractivity contribution in [1.82, 2.24) is 5.32 Å². The second kappa shape index (κ2) is 6.97. The number of nitrogens with zero attached hydrogens (tertiary/aromatic N) is 1. The number of nitro groups is 1. The van der Waals surface area contributed by atoms with E-state index in [2.05, 4.69) is 12.2 Å². The van der Waals surface area contributed by atoms with Crippen molar-refractivity contribution in [3.8, 4) is 0 Å². The number of rotatable bonds is 8. The van der Waals surface area contributed by atoms with Crippen LogP contribution in [0, 0.1) is 10.1 Å². The molecule has 1 aromatic rings. The third-order valence-electron chi connectivity index (χ3n) is 1.92. The van der Waals surface area contributed by atoms with E-state index in [0.717, 1.165) is 19.5 Å². The Morgan fingerprint density at radius 3 is 2.94 bits per heavy atom. The van der Waals surface area contributed by atoms with Crippen LogP contribution in [0.4, 0.5) is 5.88 Å². The smallest absolute Gasteiger partial charge is 0.403 e. The summed E-state index contributed by atoms with van der Waals surface area (Å²) < 4.78 is 10.2. The maximum atomic E-state index is 10.3. The third-order valence-corrected chi connectivity index (χ3v) is 1.92. The molecule has 0 fully saturated rings. The molecular weight excluding hydrogens is 212 g/mol. The summed E-state index contributed by atoms with van der Waals surface area (Å²) in [5.74, 6) is 0.227. The molecule has 0 saturated heterocycles. The molecule has 0 aromatic carbocycles. The number of hydrogen-bond acceptors (Lipinski definition) is 5. The molecule has 0 saturated carbocycles. The fourth-order valence-corrected chi connectivity index (χ4v) is 1.16. The lowest BCUT2D eigenvalue weighted by molar-refractivity contribution is -0.402. The predicted molar refractivity (Wildman–Crippen MR) is 58.2 cm³/mol. The number of hydrogen-bond donors (Lipinski definition) is 1. The van der Waals surface area contributed by atoms with Gasteiger partial charge >= 0.3 is 5.88 Å². The minimum Gasteiger partial charge on any atom is -0.403 e. The van der Waals surface area contributed by atoms with E-state index in [1.807, 2.05) is 0 Å². The Balaban J connectivity index is 2.14. The SMILES string of the molecule is CCCNCCOCc1ccc([N+](=O)[O-])o1. The highest BCUT2D eigenvalue weighted by atomic mass is 16.6. The minimum atomic E-state index is -0.563. The van der Waals surface area contributed by atoms with E-state index in [1.54, 1.807) is 6.07 Å². The highest BCUT2D eigenvalue weighted by Crippen LogP contribution is 2.15. The molecule has 0 amide bonds. The zero-order valence-electron chi connectivity index (χ0n) is 9.27. The molecule has 1 heterocycles. The molecular formula is C10H16N2O4. The summed E-state index contributed by atoms with van der Waals surface area (Å²) in [6.45, 7) is 4.66. The summed E-state index contributed by atoms with van der Waals surface area (Å²) in [4.78, 5) is 9.76. The molecule has 0 aliphatic heterocycles. The number of nitrogens with one attached hydrogen (secondary N) is 1. The lowest BCUT2D eigenvalue weighted by Crippen LogP contribution is -2.20. The summed E-state index contributed by atoms with van der Waals surface area (Å²) in [7, 11) is 0. The fraction of sp³-hybridized carbons (Fsp3) is 0.600. The Kier molecular flexibility index (Phi) is 5.52. The van der Waals surface area contributed by atoms with Crippen molar-refractivity contribution in [2.75, 3.05) is 19.7 Å². The maximum absolute atomic E-state index is 10.3. The average Bonchev–Trinajstić information content (AvgIpc) is 2.72. The molecule has 6 nitrogen and oxygen atoms in total. The molecule has 0 radical (unpaired) electrons. The molecule has 0 spiro atoms. The average molecular weight is 228 g/mol. The van der Waals surface area contributed by atoms with Crippen molar-refractivity contribution >= 4 is 5.88 Å². The van der Waals surface area contributed by atoms with Crippen molar-refractivity contribution in [1.29, 1.82) is 0 Å². The van der Waals surface area contributed by atoms with Crippen LogP contribution in [0.2, 0.25) is 0 Å². The van der Waals surface area contributed by atoms with Gasteiger partial charge in [-0.05, 0) is 19.0 Å². The lowest BCUT2D eigenvalue weighted by atomic mass is 10.4. The van der Waals surface area contributed by atoms with Gasteiger partial charge in [0.1, 0.15) is 17.3 Å². The molecule has 0 atom stereocenters. The topological polar surface area (TPSA) is 77.5 Å². The van der Waals surface area contributed by atoms with Crippen LogP contribution in [0.15, 0.2) is 16.5 Å². The van der Waals surface area contributed by atoms with E-state index in [0.29, 0.717) is 12.4 Å². The van der Waals surface area contributed by atoms with Crippen molar-refractivity contribution in [2.45, 2.75) is 20.0 Å². The fourth-order valence-electron chi connectivity index (χ4n) is 1.16. The Morgan fingerprint density at radius 2 is 2.31 bits per heavy atom. The van der Waals surface area contributed by atoms with E-state index in [9.17, 15) is 10.1 Å². The van der Waals surface area contributed by atoms with Crippen molar-refractivity contribution in [3.63, 3.8) is 0 Å². The van der Waals surface area contributed by atoms with Crippen LogP contribution in [-0.4, -0.2) is 24.6 Å². The minimum absolute atomic E-state index is 0.247. The summed E-state index contributed by atoms with van der Waals surface area (Å²) in [5.41, 5.74) is 0. The van der Waals surface area contributed by atoms with Gasteiger partial charge in [0, 0.05) is 6.54 Å². The van der Waals surface area contributed by atoms with Crippen molar-refractivity contribution < 1.29 is 14.1 Å². The molecule has 1 N–H and O–H groups in total. The molecule has 0 unspecified atom stereocenters. The highest BCUT2D eigenvalue weighted by molar-refractivity contribution is 5.17. The Hall–Kier alpha value is -1.40. The van der Waals surface area contributed by atoms with Crippen LogP contribution in [0.5, 0.6) is 0 Å². The summed E-state index contributed by atoms with van der Waals surface area (Å²) in [5, 5.41) is 13.5. The molecule has 90 valence electrons. The molecule has 6 heteroatoms. The van der Waals surface area contributed by atoms with Gasteiger partial charge in [-0.1, -0.05) is 6.92 Å². The Morgan fingerprint density at radius 1 is 1.50 bits per heavy atom. The van der Waals surface area contributed by atoms with Crippen LogP contribution in [0.25, 0.3) is 0 Å². The Labute approximate surface area is 93.7 Å². The first kappa shape index (κ1) is 12.7. The maximum Gasteiger partial charge on any atom is 0.433 e. The Bertz CT molecular complexity index is 324. The molecule has 0 aliphatic carbocycles. The van der Waals surface area contributed by atoms with E-state index in [4.69, 9.17) is 9.15 Å². The zero-order valence-corrected chi connectivity index (χ0v) is 9.27. The van der Waals surface area contributed by atoms with E-state index < -0.39 is 4.92 Å². The third kappa shape index (κ3) is 4.41. The van der Waals surface area contributed by atoms with Gasteiger partial charge in [-0.3, -0.25) is 10.1 Å². The first-order chi connectivity index (χ1) is 7.74. The molecule has 1 aromatic heterocycles. The monoisotopic (exact) mass is 228 g/mol. The van der Waals surface area contributed by atoms with Gasteiger partial charge in [0.25, 0.3) is 0 Å². The summed E-state index contributed by atoms with van der Waals surface area (Å²) >= 11 is 0. The standard InChI is InChI=1S/C10H16N2O4/c1-2-5-11-6-7-15-8-9-3-4-10(16-9)12(13)14/h3-4,11H,2,5-8H2,1H3. The molecule has 1 rings (SSSR count). The molecule has 0 bridgehead atoms. The first-order valence-corrected chi connectivity index (χ1v) is 5.25. The van der Waals surface area contributed by atoms with E-state index in [-0.39, 0.29) is 12.5 Å². The second-order valence-corrected chi connectivity index (χ2v) is 3.30. The second-order valence-electron chi connectivity index (χ2n) is 3.30. The lowest BCUT2D eigenvalue weighted by Gasteiger charge is -2.02. The van der Waals surface area contributed by atoms with Gasteiger partial charge in [-0.15, -0.1) is 0 Å². The van der Waals surface area contributed by atoms with Gasteiger partial charge in [0.15, 0.2) is 0 Å².